The minimum atomic E-state index is -0.356. The number of aromatic nitrogens is 1. The number of rotatable bonds is 3. The fourth-order valence-electron chi connectivity index (χ4n) is 1.88. The summed E-state index contributed by atoms with van der Waals surface area (Å²) in [5.74, 6) is 5.10. The predicted octanol–water partition coefficient (Wildman–Crippen LogP) is 0.904. The van der Waals surface area contributed by atoms with Crippen molar-refractivity contribution in [2.45, 2.75) is 25.0 Å². The molecule has 0 saturated carbocycles. The third-order valence-electron chi connectivity index (χ3n) is 2.60. The predicted molar refractivity (Wildman–Crippen MR) is 53.2 cm³/mol. The zero-order valence-electron chi connectivity index (χ0n) is 8.32. The molecule has 4 nitrogen and oxygen atoms in total. The molecule has 1 aromatic rings. The van der Waals surface area contributed by atoms with Crippen LogP contribution in [0.15, 0.2) is 18.5 Å². The number of nitrogens with two attached hydrogens (primary N) is 1. The molecule has 2 rings (SSSR count). The normalized spacial score (nSPS) is 22.9. The van der Waals surface area contributed by atoms with E-state index >= 15 is 0 Å². The van der Waals surface area contributed by atoms with Crippen molar-refractivity contribution in [1.29, 1.82) is 0 Å². The topological polar surface area (TPSA) is 60.2 Å². The van der Waals surface area contributed by atoms with Gasteiger partial charge in [0, 0.05) is 12.8 Å². The van der Waals surface area contributed by atoms with Gasteiger partial charge in [0.2, 0.25) is 0 Å². The first kappa shape index (κ1) is 10.5. The van der Waals surface area contributed by atoms with Crippen molar-refractivity contribution >= 4 is 0 Å². The Morgan fingerprint density at radius 3 is 3.07 bits per heavy atom. The second kappa shape index (κ2) is 4.65. The summed E-state index contributed by atoms with van der Waals surface area (Å²) in [6.45, 7) is 0.742. The van der Waals surface area contributed by atoms with Crippen LogP contribution >= 0.6 is 0 Å². The Hall–Kier alpha value is -1.04. The molecule has 2 heterocycles. The van der Waals surface area contributed by atoms with Gasteiger partial charge in [-0.1, -0.05) is 0 Å². The van der Waals surface area contributed by atoms with Crippen LogP contribution in [0.3, 0.4) is 0 Å². The molecule has 0 aromatic carbocycles. The molecule has 3 N–H and O–H groups in total. The van der Waals surface area contributed by atoms with Crippen molar-refractivity contribution < 1.29 is 9.13 Å². The molecule has 82 valence electrons. The van der Waals surface area contributed by atoms with E-state index in [2.05, 4.69) is 10.4 Å². The van der Waals surface area contributed by atoms with E-state index < -0.39 is 0 Å². The molecule has 2 unspecified atom stereocenters. The van der Waals surface area contributed by atoms with Crippen molar-refractivity contribution in [3.63, 3.8) is 0 Å². The number of hydrazine groups is 1. The Kier molecular flexibility index (Phi) is 3.25. The number of pyridine rings is 1. The summed E-state index contributed by atoms with van der Waals surface area (Å²) in [6.07, 6.45) is 4.75. The van der Waals surface area contributed by atoms with Gasteiger partial charge in [-0.15, -0.1) is 0 Å². The number of hydrogen-bond acceptors (Lipinski definition) is 4. The van der Waals surface area contributed by atoms with Gasteiger partial charge in [-0.2, -0.15) is 0 Å². The van der Waals surface area contributed by atoms with Gasteiger partial charge < -0.3 is 4.74 Å². The van der Waals surface area contributed by atoms with E-state index in [-0.39, 0.29) is 18.0 Å². The summed E-state index contributed by atoms with van der Waals surface area (Å²) in [7, 11) is 0. The molecule has 15 heavy (non-hydrogen) atoms. The third kappa shape index (κ3) is 2.31. The summed E-state index contributed by atoms with van der Waals surface area (Å²) in [4.78, 5) is 3.80. The molecule has 5 heteroatoms. The first-order valence-corrected chi connectivity index (χ1v) is 4.99. The largest absolute Gasteiger partial charge is 0.376 e. The maximum Gasteiger partial charge on any atom is 0.141 e. The molecule has 2 atom stereocenters. The molecule has 0 spiro atoms. The van der Waals surface area contributed by atoms with E-state index in [1.54, 1.807) is 6.20 Å². The SMILES string of the molecule is NNC(c1cncc(F)c1)C1CCCO1. The van der Waals surface area contributed by atoms with E-state index in [0.29, 0.717) is 0 Å². The number of ether oxygens (including phenoxy) is 1. The molecule has 0 aliphatic carbocycles. The number of hydrogen-bond donors (Lipinski definition) is 2. The Balaban J connectivity index is 2.18. The minimum absolute atomic E-state index is 0.0126. The quantitative estimate of drug-likeness (QED) is 0.576. The fraction of sp³-hybridized carbons (Fsp3) is 0.500. The highest BCUT2D eigenvalue weighted by Crippen LogP contribution is 2.25. The first-order chi connectivity index (χ1) is 7.31. The van der Waals surface area contributed by atoms with Crippen LogP contribution in [0.4, 0.5) is 4.39 Å². The molecule has 1 saturated heterocycles. The van der Waals surface area contributed by atoms with Crippen molar-refractivity contribution in [2.24, 2.45) is 5.84 Å². The molecular formula is C10H14FN3O. The highest BCUT2D eigenvalue weighted by atomic mass is 19.1. The monoisotopic (exact) mass is 211 g/mol. The lowest BCUT2D eigenvalue weighted by Crippen LogP contribution is -2.36. The van der Waals surface area contributed by atoms with Crippen LogP contribution in [-0.4, -0.2) is 17.7 Å². The lowest BCUT2D eigenvalue weighted by molar-refractivity contribution is 0.0781. The Morgan fingerprint density at radius 1 is 1.60 bits per heavy atom. The van der Waals surface area contributed by atoms with Gasteiger partial charge in [0.1, 0.15) is 5.82 Å². The second-order valence-electron chi connectivity index (χ2n) is 3.63. The van der Waals surface area contributed by atoms with Gasteiger partial charge in [-0.3, -0.25) is 16.3 Å². The smallest absolute Gasteiger partial charge is 0.141 e. The average molecular weight is 211 g/mol. The molecule has 1 aromatic heterocycles. The Morgan fingerprint density at radius 2 is 2.47 bits per heavy atom. The van der Waals surface area contributed by atoms with Crippen LogP contribution in [0.5, 0.6) is 0 Å². The van der Waals surface area contributed by atoms with E-state index in [4.69, 9.17) is 10.6 Å². The molecular weight excluding hydrogens is 197 g/mol. The lowest BCUT2D eigenvalue weighted by atomic mass is 10.0. The van der Waals surface area contributed by atoms with Gasteiger partial charge >= 0.3 is 0 Å². The molecule has 0 radical (unpaired) electrons. The van der Waals surface area contributed by atoms with Gasteiger partial charge in [-0.25, -0.2) is 4.39 Å². The zero-order valence-corrected chi connectivity index (χ0v) is 8.32. The molecule has 1 aliphatic rings. The summed E-state index contributed by atoms with van der Waals surface area (Å²) < 4.78 is 18.5. The minimum Gasteiger partial charge on any atom is -0.376 e. The van der Waals surface area contributed by atoms with Crippen LogP contribution in [0.2, 0.25) is 0 Å². The van der Waals surface area contributed by atoms with Crippen LogP contribution in [0.25, 0.3) is 0 Å². The van der Waals surface area contributed by atoms with E-state index in [1.807, 2.05) is 0 Å². The van der Waals surface area contributed by atoms with Crippen LogP contribution in [0, 0.1) is 5.82 Å². The molecule has 0 amide bonds. The van der Waals surface area contributed by atoms with Gasteiger partial charge in [0.25, 0.3) is 0 Å². The van der Waals surface area contributed by atoms with E-state index in [9.17, 15) is 4.39 Å². The maximum absolute atomic E-state index is 13.0. The number of nitrogens with one attached hydrogen (secondary N) is 1. The molecule has 1 aliphatic heterocycles. The first-order valence-electron chi connectivity index (χ1n) is 4.99. The summed E-state index contributed by atoms with van der Waals surface area (Å²) in [6, 6.07) is 1.25. The third-order valence-corrected chi connectivity index (χ3v) is 2.60. The summed E-state index contributed by atoms with van der Waals surface area (Å²) >= 11 is 0. The average Bonchev–Trinajstić information content (AvgIpc) is 2.72. The fourth-order valence-corrected chi connectivity index (χ4v) is 1.88. The van der Waals surface area contributed by atoms with Gasteiger partial charge in [-0.05, 0) is 24.5 Å². The van der Waals surface area contributed by atoms with Crippen molar-refractivity contribution in [2.75, 3.05) is 6.61 Å². The van der Waals surface area contributed by atoms with Crippen molar-refractivity contribution in [1.82, 2.24) is 10.4 Å². The highest BCUT2D eigenvalue weighted by molar-refractivity contribution is 5.16. The Labute approximate surface area is 87.6 Å². The molecule has 1 fully saturated rings. The number of nitrogens with zero attached hydrogens (tertiary/aromatic N) is 1. The maximum atomic E-state index is 13.0. The van der Waals surface area contributed by atoms with E-state index in [1.165, 1.54) is 12.3 Å². The number of halogens is 1. The lowest BCUT2D eigenvalue weighted by Gasteiger charge is -2.21. The Bertz CT molecular complexity index is 328. The zero-order chi connectivity index (χ0) is 10.7. The highest BCUT2D eigenvalue weighted by Gasteiger charge is 2.26. The second-order valence-corrected chi connectivity index (χ2v) is 3.63. The van der Waals surface area contributed by atoms with Crippen molar-refractivity contribution in [3.05, 3.63) is 29.8 Å². The van der Waals surface area contributed by atoms with Gasteiger partial charge in [0.15, 0.2) is 0 Å². The summed E-state index contributed by atoms with van der Waals surface area (Å²) in [5.41, 5.74) is 3.38. The van der Waals surface area contributed by atoms with Crippen LogP contribution < -0.4 is 11.3 Å². The standard InChI is InChI=1S/C10H14FN3O/c11-8-4-7(5-13-6-8)10(14-12)9-2-1-3-15-9/h4-6,9-10,14H,1-3,12H2. The summed E-state index contributed by atoms with van der Waals surface area (Å²) in [5, 5.41) is 0. The van der Waals surface area contributed by atoms with Crippen LogP contribution in [-0.2, 0) is 4.74 Å². The van der Waals surface area contributed by atoms with Crippen molar-refractivity contribution in [3.8, 4) is 0 Å². The van der Waals surface area contributed by atoms with Gasteiger partial charge in [0.05, 0.1) is 18.3 Å². The molecule has 0 bridgehead atoms. The van der Waals surface area contributed by atoms with Crippen LogP contribution in [0.1, 0.15) is 24.4 Å². The van der Waals surface area contributed by atoms with E-state index in [0.717, 1.165) is 25.0 Å².